The second-order valence-corrected chi connectivity index (χ2v) is 8.74. The van der Waals surface area contributed by atoms with Gasteiger partial charge < -0.3 is 24.8 Å². The SMILES string of the molecule is COc1cc(N2CCCCC2)c([N+](=O)[O-])cc1Nc1nccc(N2CC(=O)N(C)c3ccccc32)n1. The van der Waals surface area contributed by atoms with E-state index in [9.17, 15) is 14.9 Å². The predicted octanol–water partition coefficient (Wildman–Crippen LogP) is 4.24. The van der Waals surface area contributed by atoms with Crippen molar-refractivity contribution >= 4 is 46.1 Å². The lowest BCUT2D eigenvalue weighted by Crippen LogP contribution is -2.42. The molecule has 2 aromatic carbocycles. The molecule has 5 rings (SSSR count). The zero-order valence-electron chi connectivity index (χ0n) is 20.2. The van der Waals surface area contributed by atoms with Gasteiger partial charge in [-0.15, -0.1) is 0 Å². The maximum absolute atomic E-state index is 12.6. The van der Waals surface area contributed by atoms with E-state index < -0.39 is 0 Å². The molecule has 2 aliphatic heterocycles. The van der Waals surface area contributed by atoms with Crippen LogP contribution in [0, 0.1) is 10.1 Å². The third kappa shape index (κ3) is 4.35. The quantitative estimate of drug-likeness (QED) is 0.401. The van der Waals surface area contributed by atoms with E-state index >= 15 is 0 Å². The summed E-state index contributed by atoms with van der Waals surface area (Å²) < 4.78 is 5.57. The number of ether oxygens (including phenoxy) is 1. The molecule has 3 heterocycles. The Morgan fingerprint density at radius 3 is 2.53 bits per heavy atom. The van der Waals surface area contributed by atoms with Gasteiger partial charge in [0.15, 0.2) is 0 Å². The molecule has 1 aromatic heterocycles. The van der Waals surface area contributed by atoms with Gasteiger partial charge in [0.2, 0.25) is 11.9 Å². The van der Waals surface area contributed by atoms with Crippen LogP contribution in [0.25, 0.3) is 0 Å². The first-order valence-corrected chi connectivity index (χ1v) is 11.8. The normalized spacial score (nSPS) is 15.5. The Balaban J connectivity index is 1.49. The molecule has 3 aromatic rings. The summed E-state index contributed by atoms with van der Waals surface area (Å²) in [5, 5.41) is 15.0. The highest BCUT2D eigenvalue weighted by atomic mass is 16.6. The van der Waals surface area contributed by atoms with E-state index in [4.69, 9.17) is 4.74 Å². The summed E-state index contributed by atoms with van der Waals surface area (Å²) >= 11 is 0. The number of piperidine rings is 1. The largest absolute Gasteiger partial charge is 0.494 e. The van der Waals surface area contributed by atoms with Crippen molar-refractivity contribution in [2.24, 2.45) is 0 Å². The van der Waals surface area contributed by atoms with Crippen LogP contribution in [0.5, 0.6) is 5.75 Å². The third-order valence-corrected chi connectivity index (χ3v) is 6.56. The molecule has 0 spiro atoms. The number of nitrogens with zero attached hydrogens (tertiary/aromatic N) is 6. The standard InChI is InChI=1S/C25H27N7O4/c1-29-18-8-4-5-9-19(18)31(16-24(29)33)23-10-11-26-25(28-23)27-17-14-21(32(34)35)20(15-22(17)36-2)30-12-6-3-7-13-30/h4-5,8-11,14-15H,3,6-7,12-13,16H2,1-2H3,(H,26,27,28). The molecule has 186 valence electrons. The molecular weight excluding hydrogens is 462 g/mol. The highest BCUT2D eigenvalue weighted by molar-refractivity contribution is 6.04. The highest BCUT2D eigenvalue weighted by Gasteiger charge is 2.29. The number of carbonyl (C=O) groups is 1. The smallest absolute Gasteiger partial charge is 0.294 e. The average molecular weight is 490 g/mol. The zero-order valence-corrected chi connectivity index (χ0v) is 20.2. The van der Waals surface area contributed by atoms with Gasteiger partial charge in [0.1, 0.15) is 23.8 Å². The molecule has 0 saturated carbocycles. The first-order valence-electron chi connectivity index (χ1n) is 11.8. The van der Waals surface area contributed by atoms with Gasteiger partial charge in [-0.1, -0.05) is 12.1 Å². The number of para-hydroxylation sites is 2. The Bertz CT molecular complexity index is 1310. The summed E-state index contributed by atoms with van der Waals surface area (Å²) in [6.07, 6.45) is 4.70. The molecule has 11 heteroatoms. The molecule has 1 saturated heterocycles. The molecule has 36 heavy (non-hydrogen) atoms. The molecule has 2 aliphatic rings. The highest BCUT2D eigenvalue weighted by Crippen LogP contribution is 2.41. The van der Waals surface area contributed by atoms with Gasteiger partial charge in [-0.2, -0.15) is 4.98 Å². The minimum atomic E-state index is -0.376. The summed E-state index contributed by atoms with van der Waals surface area (Å²) in [5.74, 6) is 1.15. The number of nitrogens with one attached hydrogen (secondary N) is 1. The summed E-state index contributed by atoms with van der Waals surface area (Å²) in [5.41, 5.74) is 2.56. The minimum absolute atomic E-state index is 0.00468. The molecule has 0 atom stereocenters. The van der Waals surface area contributed by atoms with Crippen LogP contribution in [0.3, 0.4) is 0 Å². The molecule has 0 bridgehead atoms. The fraction of sp³-hybridized carbons (Fsp3) is 0.320. The molecule has 1 N–H and O–H groups in total. The van der Waals surface area contributed by atoms with Gasteiger partial charge >= 0.3 is 0 Å². The third-order valence-electron chi connectivity index (χ3n) is 6.56. The lowest BCUT2D eigenvalue weighted by molar-refractivity contribution is -0.384. The number of carbonyl (C=O) groups excluding carboxylic acids is 1. The molecule has 11 nitrogen and oxygen atoms in total. The van der Waals surface area contributed by atoms with Gasteiger partial charge in [0.25, 0.3) is 5.69 Å². The number of likely N-dealkylation sites (N-methyl/N-ethyl adjacent to an activating group) is 1. The Morgan fingerprint density at radius 2 is 1.81 bits per heavy atom. The number of methoxy groups -OCH3 is 1. The maximum Gasteiger partial charge on any atom is 0.294 e. The van der Waals surface area contributed by atoms with E-state index in [1.807, 2.05) is 34.1 Å². The average Bonchev–Trinajstić information content (AvgIpc) is 2.91. The van der Waals surface area contributed by atoms with Gasteiger partial charge in [-0.3, -0.25) is 14.9 Å². The topological polar surface area (TPSA) is 117 Å². The van der Waals surface area contributed by atoms with Crippen molar-refractivity contribution in [1.82, 2.24) is 9.97 Å². The van der Waals surface area contributed by atoms with Crippen LogP contribution < -0.4 is 24.8 Å². The Morgan fingerprint density at radius 1 is 1.06 bits per heavy atom. The molecule has 0 aliphatic carbocycles. The van der Waals surface area contributed by atoms with E-state index in [-0.39, 0.29) is 29.0 Å². The summed E-state index contributed by atoms with van der Waals surface area (Å²) in [6.45, 7) is 1.67. The van der Waals surface area contributed by atoms with Crippen molar-refractivity contribution in [1.29, 1.82) is 0 Å². The zero-order chi connectivity index (χ0) is 25.2. The first-order chi connectivity index (χ1) is 17.5. The molecular formula is C25H27N7O4. The number of hydrogen-bond acceptors (Lipinski definition) is 9. The van der Waals surface area contributed by atoms with E-state index in [1.54, 1.807) is 30.3 Å². The van der Waals surface area contributed by atoms with E-state index in [2.05, 4.69) is 15.3 Å². The number of rotatable bonds is 6. The Hall–Kier alpha value is -4.41. The number of aromatic nitrogens is 2. The monoisotopic (exact) mass is 489 g/mol. The van der Waals surface area contributed by atoms with Crippen LogP contribution in [0.15, 0.2) is 48.7 Å². The van der Waals surface area contributed by atoms with Crippen molar-refractivity contribution in [3.8, 4) is 5.75 Å². The van der Waals surface area contributed by atoms with Gasteiger partial charge in [-0.05, 0) is 37.5 Å². The Kier molecular flexibility index (Phi) is 6.28. The lowest BCUT2D eigenvalue weighted by atomic mass is 10.1. The van der Waals surface area contributed by atoms with E-state index in [0.717, 1.165) is 43.7 Å². The summed E-state index contributed by atoms with van der Waals surface area (Å²) in [4.78, 5) is 38.6. The summed E-state index contributed by atoms with van der Waals surface area (Å²) in [6, 6.07) is 12.5. The first kappa shape index (κ1) is 23.3. The van der Waals surface area contributed by atoms with Gasteiger partial charge in [-0.25, -0.2) is 4.98 Å². The number of nitro groups is 1. The van der Waals surface area contributed by atoms with Crippen molar-refractivity contribution in [2.75, 3.05) is 53.8 Å². The molecule has 1 fully saturated rings. The van der Waals surface area contributed by atoms with Crippen molar-refractivity contribution in [3.63, 3.8) is 0 Å². The molecule has 0 unspecified atom stereocenters. The second-order valence-electron chi connectivity index (χ2n) is 8.74. The van der Waals surface area contributed by atoms with Gasteiger partial charge in [0.05, 0.1) is 29.1 Å². The van der Waals surface area contributed by atoms with Crippen molar-refractivity contribution in [3.05, 3.63) is 58.8 Å². The fourth-order valence-electron chi connectivity index (χ4n) is 4.68. The molecule has 1 amide bonds. The number of amides is 1. The van der Waals surface area contributed by atoms with Crippen molar-refractivity contribution < 1.29 is 14.5 Å². The minimum Gasteiger partial charge on any atom is -0.494 e. The maximum atomic E-state index is 12.6. The number of fused-ring (bicyclic) bond motifs is 1. The van der Waals surface area contributed by atoms with E-state index in [1.165, 1.54) is 13.2 Å². The lowest BCUT2D eigenvalue weighted by Gasteiger charge is -2.34. The van der Waals surface area contributed by atoms with Gasteiger partial charge in [0, 0.05) is 38.5 Å². The number of nitro benzene ring substituents is 1. The van der Waals surface area contributed by atoms with Crippen LogP contribution in [0.4, 0.5) is 40.2 Å². The van der Waals surface area contributed by atoms with E-state index in [0.29, 0.717) is 22.9 Å². The number of anilines is 6. The van der Waals surface area contributed by atoms with Crippen LogP contribution >= 0.6 is 0 Å². The number of benzene rings is 2. The van der Waals surface area contributed by atoms with Crippen LogP contribution in [-0.2, 0) is 4.79 Å². The van der Waals surface area contributed by atoms with Crippen molar-refractivity contribution in [2.45, 2.75) is 19.3 Å². The second kappa shape index (κ2) is 9.68. The predicted molar refractivity (Wildman–Crippen MR) is 138 cm³/mol. The van der Waals surface area contributed by atoms with Crippen LogP contribution in [0.1, 0.15) is 19.3 Å². The fourth-order valence-corrected chi connectivity index (χ4v) is 4.68. The molecule has 0 radical (unpaired) electrons. The van der Waals surface area contributed by atoms with Crippen LogP contribution in [0.2, 0.25) is 0 Å². The summed E-state index contributed by atoms with van der Waals surface area (Å²) in [7, 11) is 3.27. The number of hydrogen-bond donors (Lipinski definition) is 1. The van der Waals surface area contributed by atoms with Crippen LogP contribution in [-0.4, -0.2) is 54.6 Å². The Labute approximate surface area is 208 Å².